The molecule has 0 aliphatic heterocycles. The number of hydrogen-bond acceptors (Lipinski definition) is 4. The van der Waals surface area contributed by atoms with Gasteiger partial charge in [0.05, 0.1) is 12.5 Å². The third-order valence-corrected chi connectivity index (χ3v) is 2.26. The molecule has 0 saturated heterocycles. The first-order chi connectivity index (χ1) is 6.16. The van der Waals surface area contributed by atoms with Crippen LogP contribution in [-0.2, 0) is 14.3 Å². The van der Waals surface area contributed by atoms with Gasteiger partial charge in [-0.1, -0.05) is 0 Å². The molecule has 0 bridgehead atoms. The molecule has 0 radical (unpaired) electrons. The van der Waals surface area contributed by atoms with Crippen LogP contribution >= 0.6 is 0 Å². The van der Waals surface area contributed by atoms with Gasteiger partial charge in [0.2, 0.25) is 0 Å². The van der Waals surface area contributed by atoms with Crippen LogP contribution in [-0.4, -0.2) is 29.6 Å². The van der Waals surface area contributed by atoms with Crippen molar-refractivity contribution in [2.24, 2.45) is 5.92 Å². The molecule has 0 heterocycles. The highest BCUT2D eigenvalue weighted by Gasteiger charge is 2.35. The Morgan fingerprint density at radius 3 is 2.92 bits per heavy atom. The van der Waals surface area contributed by atoms with E-state index in [1.807, 2.05) is 0 Å². The standard InChI is InChI=1S/C9H14O4/c1-2-13-9(12)8(11)6-4-3-5-7(6)10/h6,8,11H,2-5H2,1H3/t6-,8+/m0/s1. The molecule has 1 aliphatic rings. The van der Waals surface area contributed by atoms with E-state index >= 15 is 0 Å². The van der Waals surface area contributed by atoms with Crippen LogP contribution < -0.4 is 0 Å². The molecule has 0 aromatic carbocycles. The predicted octanol–water partition coefficient (Wildman–Crippen LogP) is 0.280. The fraction of sp³-hybridized carbons (Fsp3) is 0.778. The van der Waals surface area contributed by atoms with E-state index in [4.69, 9.17) is 0 Å². The van der Waals surface area contributed by atoms with Crippen LogP contribution in [0.4, 0.5) is 0 Å². The Morgan fingerprint density at radius 2 is 2.46 bits per heavy atom. The Hall–Kier alpha value is -0.900. The second-order valence-corrected chi connectivity index (χ2v) is 3.16. The van der Waals surface area contributed by atoms with Crippen LogP contribution in [0.25, 0.3) is 0 Å². The van der Waals surface area contributed by atoms with E-state index in [0.717, 1.165) is 6.42 Å². The van der Waals surface area contributed by atoms with Crippen molar-refractivity contribution < 1.29 is 19.4 Å². The Labute approximate surface area is 76.9 Å². The van der Waals surface area contributed by atoms with Crippen molar-refractivity contribution in [3.05, 3.63) is 0 Å². The number of esters is 1. The minimum Gasteiger partial charge on any atom is -0.464 e. The van der Waals surface area contributed by atoms with Gasteiger partial charge in [0, 0.05) is 6.42 Å². The molecule has 0 unspecified atom stereocenters. The normalized spacial score (nSPS) is 24.5. The zero-order valence-corrected chi connectivity index (χ0v) is 7.66. The number of aliphatic hydroxyl groups excluding tert-OH is 1. The van der Waals surface area contributed by atoms with E-state index < -0.39 is 18.0 Å². The maximum Gasteiger partial charge on any atom is 0.335 e. The van der Waals surface area contributed by atoms with Gasteiger partial charge >= 0.3 is 5.97 Å². The summed E-state index contributed by atoms with van der Waals surface area (Å²) in [5.41, 5.74) is 0. The van der Waals surface area contributed by atoms with Gasteiger partial charge in [0.1, 0.15) is 5.78 Å². The topological polar surface area (TPSA) is 63.6 Å². The summed E-state index contributed by atoms with van der Waals surface area (Å²) in [6, 6.07) is 0. The summed E-state index contributed by atoms with van der Waals surface area (Å²) in [7, 11) is 0. The van der Waals surface area contributed by atoms with E-state index in [9.17, 15) is 14.7 Å². The first-order valence-electron chi connectivity index (χ1n) is 4.54. The van der Waals surface area contributed by atoms with Crippen LogP contribution in [0.15, 0.2) is 0 Å². The largest absolute Gasteiger partial charge is 0.464 e. The smallest absolute Gasteiger partial charge is 0.335 e. The molecule has 13 heavy (non-hydrogen) atoms. The molecule has 0 spiro atoms. The Kier molecular flexibility index (Phi) is 3.42. The second-order valence-electron chi connectivity index (χ2n) is 3.16. The summed E-state index contributed by atoms with van der Waals surface area (Å²) < 4.78 is 4.62. The first kappa shape index (κ1) is 10.2. The molecule has 0 amide bonds. The number of carbonyl (C=O) groups excluding carboxylic acids is 2. The summed E-state index contributed by atoms with van der Waals surface area (Å²) in [5.74, 6) is -1.23. The van der Waals surface area contributed by atoms with Crippen LogP contribution in [0.2, 0.25) is 0 Å². The lowest BCUT2D eigenvalue weighted by atomic mass is 10.0. The average Bonchev–Trinajstić information content (AvgIpc) is 2.50. The Balaban J connectivity index is 2.50. The van der Waals surface area contributed by atoms with Gasteiger partial charge < -0.3 is 9.84 Å². The van der Waals surface area contributed by atoms with Crippen molar-refractivity contribution in [1.29, 1.82) is 0 Å². The minimum absolute atomic E-state index is 0.0273. The molecule has 0 aromatic heterocycles. The molecule has 1 N–H and O–H groups in total. The number of ketones is 1. The number of ether oxygens (including phenoxy) is 1. The SMILES string of the molecule is CCOC(=O)[C@H](O)[C@H]1CCCC1=O. The van der Waals surface area contributed by atoms with E-state index in [1.54, 1.807) is 6.92 Å². The molecule has 1 fully saturated rings. The van der Waals surface area contributed by atoms with Gasteiger partial charge in [-0.3, -0.25) is 4.79 Å². The molecular weight excluding hydrogens is 172 g/mol. The number of Topliss-reactive ketones (excluding diaryl/α,β-unsaturated/α-hetero) is 1. The molecule has 4 nitrogen and oxygen atoms in total. The van der Waals surface area contributed by atoms with Gasteiger partial charge in [0.25, 0.3) is 0 Å². The summed E-state index contributed by atoms with van der Waals surface area (Å²) in [6.45, 7) is 1.90. The molecule has 1 aliphatic carbocycles. The van der Waals surface area contributed by atoms with Crippen molar-refractivity contribution in [3.8, 4) is 0 Å². The number of aliphatic hydroxyl groups is 1. The highest BCUT2D eigenvalue weighted by atomic mass is 16.5. The Morgan fingerprint density at radius 1 is 1.77 bits per heavy atom. The Bertz CT molecular complexity index is 212. The minimum atomic E-state index is -1.25. The molecule has 74 valence electrons. The number of carbonyl (C=O) groups is 2. The molecule has 0 aromatic rings. The summed E-state index contributed by atoms with van der Waals surface area (Å²) in [6.07, 6.45) is 0.579. The van der Waals surface area contributed by atoms with Crippen LogP contribution in [0.1, 0.15) is 26.2 Å². The molecule has 1 saturated carbocycles. The van der Waals surface area contributed by atoms with Gasteiger partial charge in [-0.2, -0.15) is 0 Å². The monoisotopic (exact) mass is 186 g/mol. The lowest BCUT2D eigenvalue weighted by Gasteiger charge is -2.14. The predicted molar refractivity (Wildman–Crippen MR) is 45.0 cm³/mol. The van der Waals surface area contributed by atoms with Crippen molar-refractivity contribution in [2.45, 2.75) is 32.3 Å². The van der Waals surface area contributed by atoms with Crippen molar-refractivity contribution >= 4 is 11.8 Å². The molecular formula is C9H14O4. The van der Waals surface area contributed by atoms with Crippen LogP contribution in [0, 0.1) is 5.92 Å². The third kappa shape index (κ3) is 2.28. The van der Waals surface area contributed by atoms with Crippen LogP contribution in [0.5, 0.6) is 0 Å². The first-order valence-corrected chi connectivity index (χ1v) is 4.54. The van der Waals surface area contributed by atoms with Crippen molar-refractivity contribution in [1.82, 2.24) is 0 Å². The van der Waals surface area contributed by atoms with Crippen molar-refractivity contribution in [3.63, 3.8) is 0 Å². The second kappa shape index (κ2) is 4.37. The summed E-state index contributed by atoms with van der Waals surface area (Å²) >= 11 is 0. The fourth-order valence-electron chi connectivity index (χ4n) is 1.57. The molecule has 4 heteroatoms. The number of hydrogen-bond donors (Lipinski definition) is 1. The van der Waals surface area contributed by atoms with Crippen LogP contribution in [0.3, 0.4) is 0 Å². The van der Waals surface area contributed by atoms with Gasteiger partial charge in [-0.25, -0.2) is 4.79 Å². The molecule has 2 atom stereocenters. The van der Waals surface area contributed by atoms with Gasteiger partial charge in [0.15, 0.2) is 6.10 Å². The third-order valence-electron chi connectivity index (χ3n) is 2.26. The highest BCUT2D eigenvalue weighted by Crippen LogP contribution is 2.24. The van der Waals surface area contributed by atoms with Crippen molar-refractivity contribution in [2.75, 3.05) is 6.61 Å². The van der Waals surface area contributed by atoms with E-state index in [2.05, 4.69) is 4.74 Å². The van der Waals surface area contributed by atoms with Gasteiger partial charge in [-0.15, -0.1) is 0 Å². The summed E-state index contributed by atoms with van der Waals surface area (Å²) in [4.78, 5) is 22.2. The highest BCUT2D eigenvalue weighted by molar-refractivity contribution is 5.89. The van der Waals surface area contributed by atoms with E-state index in [0.29, 0.717) is 12.8 Å². The van der Waals surface area contributed by atoms with E-state index in [-0.39, 0.29) is 12.4 Å². The zero-order valence-electron chi connectivity index (χ0n) is 7.66. The molecule has 1 rings (SSSR count). The lowest BCUT2D eigenvalue weighted by Crippen LogP contribution is -2.33. The quantitative estimate of drug-likeness (QED) is 0.643. The van der Waals surface area contributed by atoms with E-state index in [1.165, 1.54) is 0 Å². The lowest BCUT2D eigenvalue weighted by molar-refractivity contribution is -0.157. The average molecular weight is 186 g/mol. The van der Waals surface area contributed by atoms with Gasteiger partial charge in [-0.05, 0) is 19.8 Å². The zero-order chi connectivity index (χ0) is 9.84. The summed E-state index contributed by atoms with van der Waals surface area (Å²) in [5, 5.41) is 9.42. The fourth-order valence-corrected chi connectivity index (χ4v) is 1.57. The maximum absolute atomic E-state index is 11.2. The number of rotatable bonds is 3. The maximum atomic E-state index is 11.2.